The van der Waals surface area contributed by atoms with Crippen molar-refractivity contribution < 1.29 is 19.5 Å². The number of carboxylic acid groups (broad SMARTS) is 1. The third-order valence-corrected chi connectivity index (χ3v) is 4.60. The number of aromatic nitrogens is 1. The average Bonchev–Trinajstić information content (AvgIpc) is 2.75. The summed E-state index contributed by atoms with van der Waals surface area (Å²) in [5, 5.41) is 15.1. The van der Waals surface area contributed by atoms with Gasteiger partial charge >= 0.3 is 12.0 Å². The Balaban J connectivity index is 1.87. The largest absolute Gasteiger partial charge is 0.480 e. The summed E-state index contributed by atoms with van der Waals surface area (Å²) in [6.45, 7) is 0.228. The minimum atomic E-state index is -1.15. The highest BCUT2D eigenvalue weighted by molar-refractivity contribution is 6.08. The molecule has 8 nitrogen and oxygen atoms in total. The highest BCUT2D eigenvalue weighted by Crippen LogP contribution is 2.25. The zero-order valence-electron chi connectivity index (χ0n) is 16.2. The van der Waals surface area contributed by atoms with Gasteiger partial charge in [0, 0.05) is 17.5 Å². The highest BCUT2D eigenvalue weighted by atomic mass is 16.4. The maximum Gasteiger partial charge on any atom is 0.326 e. The SMILES string of the molecule is NC(=O)NCCC[C@@H](NC(=O)c1cc(-c2ccccc2)nc2ccccc12)C(=O)O. The van der Waals surface area contributed by atoms with Gasteiger partial charge < -0.3 is 21.5 Å². The monoisotopic (exact) mass is 406 g/mol. The number of carboxylic acids is 1. The molecule has 30 heavy (non-hydrogen) atoms. The fraction of sp³-hybridized carbons (Fsp3) is 0.182. The van der Waals surface area contributed by atoms with Gasteiger partial charge in [-0.15, -0.1) is 0 Å². The quantitative estimate of drug-likeness (QED) is 0.427. The van der Waals surface area contributed by atoms with Crippen LogP contribution in [0.3, 0.4) is 0 Å². The van der Waals surface area contributed by atoms with Crippen LogP contribution in [-0.4, -0.2) is 40.6 Å². The first-order chi connectivity index (χ1) is 14.5. The number of hydrogen-bond donors (Lipinski definition) is 4. The number of aliphatic carboxylic acids is 1. The van der Waals surface area contributed by atoms with E-state index in [1.807, 2.05) is 42.5 Å². The Bertz CT molecular complexity index is 1070. The molecule has 0 aliphatic heterocycles. The summed E-state index contributed by atoms with van der Waals surface area (Å²) >= 11 is 0. The number of hydrogen-bond acceptors (Lipinski definition) is 4. The summed E-state index contributed by atoms with van der Waals surface area (Å²) in [6, 6.07) is 16.5. The molecule has 1 heterocycles. The van der Waals surface area contributed by atoms with Gasteiger partial charge in [-0.1, -0.05) is 48.5 Å². The van der Waals surface area contributed by atoms with Crippen molar-refractivity contribution in [3.63, 3.8) is 0 Å². The molecule has 0 spiro atoms. The van der Waals surface area contributed by atoms with E-state index in [2.05, 4.69) is 15.6 Å². The Labute approximate surface area is 173 Å². The molecule has 3 rings (SSSR count). The number of nitrogens with one attached hydrogen (secondary N) is 2. The number of para-hydroxylation sites is 1. The number of carbonyl (C=O) groups is 3. The van der Waals surface area contributed by atoms with Gasteiger partial charge in [0.15, 0.2) is 0 Å². The van der Waals surface area contributed by atoms with Crippen molar-refractivity contribution in [2.45, 2.75) is 18.9 Å². The fourth-order valence-corrected chi connectivity index (χ4v) is 3.13. The van der Waals surface area contributed by atoms with Gasteiger partial charge in [0.1, 0.15) is 6.04 Å². The second-order valence-electron chi connectivity index (χ2n) is 6.74. The molecule has 2 aromatic carbocycles. The Hall–Kier alpha value is -3.94. The molecular weight excluding hydrogens is 384 g/mol. The molecular formula is C22H22N4O4. The van der Waals surface area contributed by atoms with Gasteiger partial charge in [-0.2, -0.15) is 0 Å². The van der Waals surface area contributed by atoms with Crippen molar-refractivity contribution in [1.29, 1.82) is 0 Å². The first kappa shape index (κ1) is 20.8. The topological polar surface area (TPSA) is 134 Å². The molecule has 1 atom stereocenters. The van der Waals surface area contributed by atoms with Crippen molar-refractivity contribution in [2.24, 2.45) is 5.73 Å². The summed E-state index contributed by atoms with van der Waals surface area (Å²) in [5.74, 6) is -1.65. The van der Waals surface area contributed by atoms with Gasteiger partial charge in [0.25, 0.3) is 5.91 Å². The van der Waals surface area contributed by atoms with Gasteiger partial charge in [-0.05, 0) is 25.0 Å². The molecule has 1 aromatic heterocycles. The molecule has 154 valence electrons. The summed E-state index contributed by atoms with van der Waals surface area (Å²) in [6.07, 6.45) is 0.502. The van der Waals surface area contributed by atoms with Gasteiger partial charge in [-0.25, -0.2) is 14.6 Å². The number of fused-ring (bicyclic) bond motifs is 1. The van der Waals surface area contributed by atoms with Crippen LogP contribution in [0.2, 0.25) is 0 Å². The van der Waals surface area contributed by atoms with E-state index in [0.29, 0.717) is 28.6 Å². The maximum absolute atomic E-state index is 13.0. The molecule has 0 bridgehead atoms. The summed E-state index contributed by atoms with van der Waals surface area (Å²) in [5.41, 5.74) is 7.46. The first-order valence-corrected chi connectivity index (χ1v) is 9.48. The smallest absolute Gasteiger partial charge is 0.326 e. The van der Waals surface area contributed by atoms with Crippen LogP contribution in [0.15, 0.2) is 60.7 Å². The van der Waals surface area contributed by atoms with Crippen molar-refractivity contribution in [1.82, 2.24) is 15.6 Å². The van der Waals surface area contributed by atoms with Crippen molar-refractivity contribution in [2.75, 3.05) is 6.54 Å². The van der Waals surface area contributed by atoms with Crippen LogP contribution >= 0.6 is 0 Å². The molecule has 0 aliphatic rings. The number of nitrogens with two attached hydrogens (primary N) is 1. The fourth-order valence-electron chi connectivity index (χ4n) is 3.13. The summed E-state index contributed by atoms with van der Waals surface area (Å²) in [4.78, 5) is 40.0. The molecule has 3 aromatic rings. The summed E-state index contributed by atoms with van der Waals surface area (Å²) < 4.78 is 0. The van der Waals surface area contributed by atoms with E-state index in [9.17, 15) is 19.5 Å². The third kappa shape index (κ3) is 5.11. The van der Waals surface area contributed by atoms with E-state index < -0.39 is 23.9 Å². The third-order valence-electron chi connectivity index (χ3n) is 4.60. The zero-order valence-corrected chi connectivity index (χ0v) is 16.2. The Morgan fingerprint density at radius 1 is 1.03 bits per heavy atom. The first-order valence-electron chi connectivity index (χ1n) is 9.48. The Morgan fingerprint density at radius 2 is 1.73 bits per heavy atom. The number of carbonyl (C=O) groups excluding carboxylic acids is 2. The zero-order chi connectivity index (χ0) is 21.5. The predicted molar refractivity (Wildman–Crippen MR) is 113 cm³/mol. The van der Waals surface area contributed by atoms with Crippen molar-refractivity contribution in [3.05, 3.63) is 66.2 Å². The van der Waals surface area contributed by atoms with Gasteiger partial charge in [-0.3, -0.25) is 4.79 Å². The number of benzene rings is 2. The molecule has 0 unspecified atom stereocenters. The van der Waals surface area contributed by atoms with Crippen molar-refractivity contribution in [3.8, 4) is 11.3 Å². The van der Waals surface area contributed by atoms with Crippen LogP contribution in [0.1, 0.15) is 23.2 Å². The lowest BCUT2D eigenvalue weighted by atomic mass is 10.0. The molecule has 8 heteroatoms. The van der Waals surface area contributed by atoms with E-state index in [4.69, 9.17) is 5.73 Å². The molecule has 0 saturated heterocycles. The lowest BCUT2D eigenvalue weighted by Gasteiger charge is -2.16. The molecule has 0 saturated carbocycles. The van der Waals surface area contributed by atoms with E-state index in [0.717, 1.165) is 5.56 Å². The molecule has 0 aliphatic carbocycles. The minimum absolute atomic E-state index is 0.149. The Morgan fingerprint density at radius 3 is 2.43 bits per heavy atom. The lowest BCUT2D eigenvalue weighted by molar-refractivity contribution is -0.139. The van der Waals surface area contributed by atoms with Crippen molar-refractivity contribution >= 4 is 28.8 Å². The van der Waals surface area contributed by atoms with E-state index in [-0.39, 0.29) is 13.0 Å². The van der Waals surface area contributed by atoms with Gasteiger partial charge in [0.2, 0.25) is 0 Å². The summed E-state index contributed by atoms with van der Waals surface area (Å²) in [7, 11) is 0. The minimum Gasteiger partial charge on any atom is -0.480 e. The molecule has 3 amide bonds. The van der Waals surface area contributed by atoms with Crippen LogP contribution in [-0.2, 0) is 4.79 Å². The number of urea groups is 1. The second kappa shape index (κ2) is 9.51. The van der Waals surface area contributed by atoms with Crippen LogP contribution in [0.25, 0.3) is 22.2 Å². The number of pyridine rings is 1. The van der Waals surface area contributed by atoms with Crippen LogP contribution in [0, 0.1) is 0 Å². The molecule has 5 N–H and O–H groups in total. The number of primary amides is 1. The van der Waals surface area contributed by atoms with E-state index in [1.165, 1.54) is 0 Å². The van der Waals surface area contributed by atoms with Crippen LogP contribution < -0.4 is 16.4 Å². The molecule has 0 fully saturated rings. The normalized spacial score (nSPS) is 11.6. The number of nitrogens with zero attached hydrogens (tertiary/aromatic N) is 1. The van der Waals surface area contributed by atoms with Gasteiger partial charge in [0.05, 0.1) is 16.8 Å². The van der Waals surface area contributed by atoms with Crippen LogP contribution in [0.5, 0.6) is 0 Å². The average molecular weight is 406 g/mol. The highest BCUT2D eigenvalue weighted by Gasteiger charge is 2.22. The van der Waals surface area contributed by atoms with E-state index >= 15 is 0 Å². The lowest BCUT2D eigenvalue weighted by Crippen LogP contribution is -2.41. The molecule has 0 radical (unpaired) electrons. The standard InChI is InChI=1S/C22H22N4O4/c23-22(30)24-12-6-11-18(21(28)29)26-20(27)16-13-19(14-7-2-1-3-8-14)25-17-10-5-4-9-15(16)17/h1-5,7-10,13,18H,6,11-12H2,(H,26,27)(H,28,29)(H3,23,24,30)/t18-/m1/s1. The predicted octanol–water partition coefficient (Wildman–Crippen LogP) is 2.53. The second-order valence-corrected chi connectivity index (χ2v) is 6.74. The Kier molecular flexibility index (Phi) is 6.59. The maximum atomic E-state index is 13.0. The van der Waals surface area contributed by atoms with Crippen LogP contribution in [0.4, 0.5) is 4.79 Å². The van der Waals surface area contributed by atoms with E-state index in [1.54, 1.807) is 18.2 Å². The number of rotatable bonds is 8. The number of amides is 3.